The van der Waals surface area contributed by atoms with E-state index in [0.29, 0.717) is 0 Å². The minimum atomic E-state index is 0.755. The van der Waals surface area contributed by atoms with Crippen LogP contribution in [-0.4, -0.2) is 30.4 Å². The smallest absolute Gasteiger partial charge is 0.0912 e. The monoisotopic (exact) mass is 82.1 g/mol. The van der Waals surface area contributed by atoms with Gasteiger partial charge in [-0.15, -0.1) is 0 Å². The Hall–Kier alpha value is -0.370. The van der Waals surface area contributed by atoms with Gasteiger partial charge in [-0.1, -0.05) is 0 Å². The van der Waals surface area contributed by atoms with E-state index in [1.54, 1.807) is 0 Å². The van der Waals surface area contributed by atoms with Crippen LogP contribution in [-0.2, 0) is 0 Å². The zero-order chi connectivity index (χ0) is 3.98. The van der Waals surface area contributed by atoms with Gasteiger partial charge in [0.1, 0.15) is 0 Å². The fraction of sp³-hybridized carbons (Fsp3) is 0.750. The third-order valence-corrected chi connectivity index (χ3v) is 1.30. The second-order valence-corrected chi connectivity index (χ2v) is 1.81. The highest BCUT2D eigenvalue weighted by molar-refractivity contribution is 5.70. The van der Waals surface area contributed by atoms with E-state index in [4.69, 9.17) is 0 Å². The summed E-state index contributed by atoms with van der Waals surface area (Å²) < 4.78 is 0. The van der Waals surface area contributed by atoms with Crippen LogP contribution in [0.3, 0.4) is 0 Å². The zero-order valence-electron chi connectivity index (χ0n) is 3.46. The van der Waals surface area contributed by atoms with E-state index in [2.05, 4.69) is 9.89 Å². The molecule has 2 heterocycles. The molecule has 0 aromatic rings. The van der Waals surface area contributed by atoms with Gasteiger partial charge in [-0.2, -0.15) is 0 Å². The summed E-state index contributed by atoms with van der Waals surface area (Å²) in [6, 6.07) is 0.755. The normalized spacial score (nSPS) is 49.3. The summed E-state index contributed by atoms with van der Waals surface area (Å²) in [5.74, 6) is 0. The Morgan fingerprint density at radius 1 is 1.83 bits per heavy atom. The van der Waals surface area contributed by atoms with Gasteiger partial charge in [0.2, 0.25) is 0 Å². The molecule has 0 amide bonds. The van der Waals surface area contributed by atoms with Crippen molar-refractivity contribution < 1.29 is 0 Å². The highest BCUT2D eigenvalue weighted by Crippen LogP contribution is 2.18. The molecule has 2 aliphatic rings. The summed E-state index contributed by atoms with van der Waals surface area (Å²) in [5, 5.41) is 0. The van der Waals surface area contributed by atoms with E-state index < -0.39 is 0 Å². The molecular weight excluding hydrogens is 76.1 g/mol. The van der Waals surface area contributed by atoms with Crippen LogP contribution in [0.25, 0.3) is 0 Å². The number of fused-ring (bicyclic) bond motifs is 1. The second-order valence-electron chi connectivity index (χ2n) is 1.81. The molecule has 2 heteroatoms. The van der Waals surface area contributed by atoms with Crippen molar-refractivity contribution in [2.24, 2.45) is 4.99 Å². The van der Waals surface area contributed by atoms with Gasteiger partial charge in [-0.25, -0.2) is 0 Å². The summed E-state index contributed by atoms with van der Waals surface area (Å²) in [6.07, 6.45) is 2.03. The van der Waals surface area contributed by atoms with E-state index in [9.17, 15) is 0 Å². The van der Waals surface area contributed by atoms with Crippen LogP contribution in [0.15, 0.2) is 4.99 Å². The Kier molecular flexibility index (Phi) is 0.301. The van der Waals surface area contributed by atoms with Crippen LogP contribution in [0.5, 0.6) is 0 Å². The Balaban J connectivity index is 2.26. The third kappa shape index (κ3) is 0.186. The Labute approximate surface area is 36.5 Å². The van der Waals surface area contributed by atoms with Crippen LogP contribution < -0.4 is 0 Å². The van der Waals surface area contributed by atoms with Gasteiger partial charge in [0.15, 0.2) is 0 Å². The molecule has 0 aromatic carbocycles. The minimum Gasteiger partial charge on any atom is -0.280 e. The van der Waals surface area contributed by atoms with Crippen LogP contribution in [0.2, 0.25) is 0 Å². The maximum atomic E-state index is 4.02. The highest BCUT2D eigenvalue weighted by atomic mass is 15.4. The standard InChI is InChI=1S/C4H6N2/c1-4-2-6(4)3-5-1/h1,4H,2-3H2. The fourth-order valence-electron chi connectivity index (χ4n) is 0.771. The number of nitrogens with zero attached hydrogens (tertiary/aromatic N) is 2. The summed E-state index contributed by atoms with van der Waals surface area (Å²) >= 11 is 0. The fourth-order valence-corrected chi connectivity index (χ4v) is 0.771. The molecule has 6 heavy (non-hydrogen) atoms. The molecule has 1 saturated heterocycles. The molecule has 0 bridgehead atoms. The predicted molar refractivity (Wildman–Crippen MR) is 23.9 cm³/mol. The molecule has 0 aliphatic carbocycles. The van der Waals surface area contributed by atoms with Crippen molar-refractivity contribution in [1.82, 2.24) is 4.90 Å². The predicted octanol–water partition coefficient (Wildman–Crippen LogP) is -0.288. The first-order chi connectivity index (χ1) is 2.97. The molecule has 2 unspecified atom stereocenters. The molecule has 0 saturated carbocycles. The second kappa shape index (κ2) is 0.658. The van der Waals surface area contributed by atoms with Crippen molar-refractivity contribution in [3.05, 3.63) is 0 Å². The maximum Gasteiger partial charge on any atom is 0.0912 e. The lowest BCUT2D eigenvalue weighted by atomic mass is 10.5. The molecule has 2 nitrogen and oxygen atoms in total. The molecule has 0 radical (unpaired) electrons. The lowest BCUT2D eigenvalue weighted by molar-refractivity contribution is 0.588. The van der Waals surface area contributed by atoms with Gasteiger partial charge in [0.25, 0.3) is 0 Å². The van der Waals surface area contributed by atoms with Crippen molar-refractivity contribution in [2.45, 2.75) is 6.04 Å². The first kappa shape index (κ1) is 2.75. The molecular formula is C4H6N2. The molecule has 0 spiro atoms. The summed E-state index contributed by atoms with van der Waals surface area (Å²) in [4.78, 5) is 6.32. The van der Waals surface area contributed by atoms with E-state index in [1.807, 2.05) is 6.21 Å². The van der Waals surface area contributed by atoms with Gasteiger partial charge in [0.05, 0.1) is 12.7 Å². The summed E-state index contributed by atoms with van der Waals surface area (Å²) in [5.41, 5.74) is 0. The number of hydrogen-bond donors (Lipinski definition) is 0. The topological polar surface area (TPSA) is 15.4 Å². The van der Waals surface area contributed by atoms with Crippen molar-refractivity contribution in [1.29, 1.82) is 0 Å². The lowest BCUT2D eigenvalue weighted by Gasteiger charge is -1.80. The molecule has 0 N–H and O–H groups in total. The minimum absolute atomic E-state index is 0.755. The van der Waals surface area contributed by atoms with Gasteiger partial charge < -0.3 is 0 Å². The Morgan fingerprint density at radius 2 is 2.83 bits per heavy atom. The van der Waals surface area contributed by atoms with Gasteiger partial charge in [0, 0.05) is 12.8 Å². The molecule has 0 aromatic heterocycles. The first-order valence-electron chi connectivity index (χ1n) is 2.21. The number of hydrogen-bond acceptors (Lipinski definition) is 2. The van der Waals surface area contributed by atoms with Gasteiger partial charge in [-0.3, -0.25) is 9.89 Å². The van der Waals surface area contributed by atoms with Gasteiger partial charge in [-0.05, 0) is 0 Å². The first-order valence-corrected chi connectivity index (χ1v) is 2.21. The Bertz CT molecular complexity index is 97.7. The molecule has 2 atom stereocenters. The van der Waals surface area contributed by atoms with Crippen LogP contribution in [0.4, 0.5) is 0 Å². The maximum absolute atomic E-state index is 4.02. The summed E-state index contributed by atoms with van der Waals surface area (Å²) in [7, 11) is 0. The van der Waals surface area contributed by atoms with Crippen LogP contribution >= 0.6 is 0 Å². The van der Waals surface area contributed by atoms with E-state index in [1.165, 1.54) is 6.54 Å². The number of aliphatic imine (C=N–C) groups is 1. The molecule has 32 valence electrons. The average Bonchev–Trinajstić information content (AvgIpc) is 2.17. The van der Waals surface area contributed by atoms with Crippen LogP contribution in [0, 0.1) is 0 Å². The molecule has 2 aliphatic heterocycles. The SMILES string of the molecule is C1=NCN2CC12. The van der Waals surface area contributed by atoms with Gasteiger partial charge >= 0.3 is 0 Å². The third-order valence-electron chi connectivity index (χ3n) is 1.30. The van der Waals surface area contributed by atoms with Crippen LogP contribution in [0.1, 0.15) is 0 Å². The molecule has 2 rings (SSSR count). The lowest BCUT2D eigenvalue weighted by Crippen LogP contribution is -1.90. The summed E-state index contributed by atoms with van der Waals surface area (Å²) in [6.45, 7) is 2.23. The molecule has 1 fully saturated rings. The largest absolute Gasteiger partial charge is 0.280 e. The highest BCUT2D eigenvalue weighted by Gasteiger charge is 2.34. The van der Waals surface area contributed by atoms with Crippen molar-refractivity contribution in [2.75, 3.05) is 13.2 Å². The van der Waals surface area contributed by atoms with E-state index in [0.717, 1.165) is 12.7 Å². The zero-order valence-corrected chi connectivity index (χ0v) is 3.46. The average molecular weight is 82.1 g/mol. The Morgan fingerprint density at radius 3 is 3.00 bits per heavy atom. The van der Waals surface area contributed by atoms with Crippen molar-refractivity contribution in [3.8, 4) is 0 Å². The van der Waals surface area contributed by atoms with Crippen molar-refractivity contribution >= 4 is 6.21 Å². The van der Waals surface area contributed by atoms with E-state index >= 15 is 0 Å². The quantitative estimate of drug-likeness (QED) is 0.367. The van der Waals surface area contributed by atoms with Crippen molar-refractivity contribution in [3.63, 3.8) is 0 Å². The number of rotatable bonds is 0. The van der Waals surface area contributed by atoms with E-state index in [-0.39, 0.29) is 0 Å².